The van der Waals surface area contributed by atoms with Gasteiger partial charge in [0.2, 0.25) is 0 Å². The van der Waals surface area contributed by atoms with Crippen LogP contribution in [0, 0.1) is 0 Å². The fourth-order valence-electron chi connectivity index (χ4n) is 0.253. The maximum Gasteiger partial charge on any atom is 0.316 e. The topological polar surface area (TPSA) is 57.5 Å². The minimum atomic E-state index is -0.963. The van der Waals surface area contributed by atoms with Crippen molar-refractivity contribution in [2.45, 2.75) is 19.4 Å². The number of hydrogen-bond acceptors (Lipinski definition) is 2. The molecule has 0 aromatic heterocycles. The average molecular weight is 173 g/mol. The van der Waals surface area contributed by atoms with Gasteiger partial charge in [-0.25, -0.2) is 0 Å². The second-order valence-electron chi connectivity index (χ2n) is 1.45. The summed E-state index contributed by atoms with van der Waals surface area (Å²) in [7, 11) is 0. The van der Waals surface area contributed by atoms with Crippen molar-refractivity contribution in [2.75, 3.05) is 0 Å². The minimum absolute atomic E-state index is 0. The Hall–Kier alpha value is 1.46. The van der Waals surface area contributed by atoms with E-state index in [1.807, 2.05) is 0 Å². The van der Waals surface area contributed by atoms with E-state index in [1.165, 1.54) is 6.92 Å². The van der Waals surface area contributed by atoms with Gasteiger partial charge < -0.3 is 10.2 Å². The molecule has 0 aliphatic heterocycles. The summed E-state index contributed by atoms with van der Waals surface area (Å²) in [6.45, 7) is 1.44. The summed E-state index contributed by atoms with van der Waals surface area (Å²) >= 11 is 0. The smallest absolute Gasteiger partial charge is 0.316 e. The van der Waals surface area contributed by atoms with E-state index in [9.17, 15) is 4.79 Å². The van der Waals surface area contributed by atoms with E-state index in [0.717, 1.165) is 0 Å². The molecule has 0 saturated carbocycles. The zero-order valence-corrected chi connectivity index (χ0v) is 4.09. The monoisotopic (exact) mass is 172 g/mol. The molecule has 0 aromatic carbocycles. The van der Waals surface area contributed by atoms with Crippen LogP contribution in [0.1, 0.15) is 13.3 Å². The molecule has 2 N–H and O–H groups in total. The van der Waals surface area contributed by atoms with Crippen LogP contribution < -0.4 is 0 Å². The average Bonchev–Trinajstić information content (AvgIpc) is 1.27. The molecular formula is C4H12CaMgO3. The van der Waals surface area contributed by atoms with E-state index < -0.39 is 12.1 Å². The normalized spacial score (nSPS) is 10.4. The number of carboxylic acids is 1. The maximum atomic E-state index is 9.65. The Morgan fingerprint density at radius 3 is 2.00 bits per heavy atom. The minimum Gasteiger partial charge on any atom is 0.316 e. The molecule has 1 atom stereocenters. The van der Waals surface area contributed by atoms with E-state index >= 15 is 0 Å². The maximum absolute atomic E-state index is 9.65. The third-order valence-corrected chi connectivity index (χ3v) is 0.470. The zero-order chi connectivity index (χ0) is 5.86. The van der Waals surface area contributed by atoms with Crippen LogP contribution in [0.3, 0.4) is 0 Å². The van der Waals surface area contributed by atoms with Gasteiger partial charge in [0.05, 0.1) is 12.5 Å². The predicted octanol–water partition coefficient (Wildman–Crippen LogP) is -1.99. The van der Waals surface area contributed by atoms with Gasteiger partial charge in [-0.2, -0.15) is 0 Å². The molecule has 0 heterocycles. The van der Waals surface area contributed by atoms with Gasteiger partial charge in [0.25, 0.3) is 0 Å². The first-order chi connectivity index (χ1) is 3.13. The second kappa shape index (κ2) is 9.46. The Bertz CT molecular complexity index is 76.2. The van der Waals surface area contributed by atoms with Crippen LogP contribution >= 0.6 is 0 Å². The number of carbonyl (C=O) groups is 1. The molecule has 0 amide bonds. The van der Waals surface area contributed by atoms with Crippen LogP contribution in [-0.4, -0.2) is 83.1 Å². The molecule has 0 fully saturated rings. The van der Waals surface area contributed by atoms with E-state index in [4.69, 9.17) is 10.2 Å². The van der Waals surface area contributed by atoms with Gasteiger partial charge in [-0.1, -0.05) is 0 Å². The Kier molecular flexibility index (Phi) is 17.7. The van der Waals surface area contributed by atoms with Gasteiger partial charge in [-0.3, -0.25) is 4.79 Å². The van der Waals surface area contributed by atoms with Crippen molar-refractivity contribution < 1.29 is 15.0 Å². The molecule has 0 rings (SSSR count). The zero-order valence-electron chi connectivity index (χ0n) is 4.09. The van der Waals surface area contributed by atoms with Crippen molar-refractivity contribution in [3.63, 3.8) is 0 Å². The van der Waals surface area contributed by atoms with Crippen LogP contribution in [0.2, 0.25) is 0 Å². The number of carboxylic acid groups (broad SMARTS) is 1. The van der Waals surface area contributed by atoms with Gasteiger partial charge in [0.1, 0.15) is 0 Å². The van der Waals surface area contributed by atoms with Gasteiger partial charge in [-0.05, 0) is 6.92 Å². The first kappa shape index (κ1) is 16.8. The van der Waals surface area contributed by atoms with E-state index in [2.05, 4.69) is 0 Å². The second-order valence-corrected chi connectivity index (χ2v) is 1.45. The SMILES string of the molecule is CC(O)CC(=O)O.[CaH2].[MgH2]. The van der Waals surface area contributed by atoms with Crippen LogP contribution in [0.15, 0.2) is 0 Å². The number of aliphatic hydroxyl groups excluding tert-OH is 1. The molecular weight excluding hydrogens is 160 g/mol. The van der Waals surface area contributed by atoms with Crippen molar-refractivity contribution >= 4 is 66.8 Å². The van der Waals surface area contributed by atoms with E-state index in [0.29, 0.717) is 0 Å². The summed E-state index contributed by atoms with van der Waals surface area (Å²) in [6, 6.07) is 0. The largest absolute Gasteiger partial charge is 0.316 e. The Morgan fingerprint density at radius 2 is 2.00 bits per heavy atom. The molecule has 5 heteroatoms. The van der Waals surface area contributed by atoms with E-state index in [-0.39, 0.29) is 67.2 Å². The fourth-order valence-corrected chi connectivity index (χ4v) is 0.253. The number of aliphatic carboxylic acids is 1. The Labute approximate surface area is 100.0 Å². The van der Waals surface area contributed by atoms with Gasteiger partial charge in [0.15, 0.2) is 0 Å². The van der Waals surface area contributed by atoms with Crippen molar-refractivity contribution in [3.05, 3.63) is 0 Å². The third kappa shape index (κ3) is 17.7. The quantitative estimate of drug-likeness (QED) is 0.474. The van der Waals surface area contributed by atoms with Crippen molar-refractivity contribution in [1.29, 1.82) is 0 Å². The number of hydrogen-bond donors (Lipinski definition) is 2. The molecule has 0 spiro atoms. The molecule has 0 aliphatic carbocycles. The number of rotatable bonds is 2. The van der Waals surface area contributed by atoms with Gasteiger partial charge in [0, 0.05) is 0 Å². The summed E-state index contributed by atoms with van der Waals surface area (Å²) in [6.07, 6.45) is -0.891. The third-order valence-electron chi connectivity index (χ3n) is 0.470. The molecule has 0 saturated heterocycles. The van der Waals surface area contributed by atoms with Gasteiger partial charge >= 0.3 is 66.8 Å². The van der Waals surface area contributed by atoms with E-state index in [1.54, 1.807) is 0 Å². The summed E-state index contributed by atoms with van der Waals surface area (Å²) in [5.74, 6) is -0.963. The van der Waals surface area contributed by atoms with Crippen LogP contribution in [0.4, 0.5) is 0 Å². The van der Waals surface area contributed by atoms with Crippen LogP contribution in [-0.2, 0) is 4.79 Å². The molecule has 3 nitrogen and oxygen atoms in total. The predicted molar refractivity (Wildman–Crippen MR) is 41.0 cm³/mol. The summed E-state index contributed by atoms with van der Waals surface area (Å²) in [5, 5.41) is 16.3. The van der Waals surface area contributed by atoms with Crippen LogP contribution in [0.5, 0.6) is 0 Å². The molecule has 0 aromatic rings. The standard InChI is InChI=1S/C4H8O3.Ca.Mg.4H/c1-3(5)2-4(6)7;;;;;;/h3,5H,2H2,1H3,(H,6,7);;;;;;. The van der Waals surface area contributed by atoms with Crippen LogP contribution in [0.25, 0.3) is 0 Å². The molecule has 0 radical (unpaired) electrons. The van der Waals surface area contributed by atoms with Crippen molar-refractivity contribution in [1.82, 2.24) is 0 Å². The van der Waals surface area contributed by atoms with Gasteiger partial charge in [-0.15, -0.1) is 0 Å². The molecule has 0 bridgehead atoms. The summed E-state index contributed by atoms with van der Waals surface area (Å²) in [5.41, 5.74) is 0. The first-order valence-electron chi connectivity index (χ1n) is 2.03. The fraction of sp³-hybridized carbons (Fsp3) is 0.750. The first-order valence-corrected chi connectivity index (χ1v) is 2.03. The Morgan fingerprint density at radius 1 is 1.67 bits per heavy atom. The summed E-state index contributed by atoms with van der Waals surface area (Å²) in [4.78, 5) is 9.65. The Balaban J connectivity index is -0.000000180. The molecule has 1 unspecified atom stereocenters. The number of aliphatic hydroxyl groups is 1. The van der Waals surface area contributed by atoms with Crippen molar-refractivity contribution in [2.24, 2.45) is 0 Å². The molecule has 50 valence electrons. The molecule has 9 heavy (non-hydrogen) atoms. The molecule has 0 aliphatic rings. The summed E-state index contributed by atoms with van der Waals surface area (Å²) < 4.78 is 0. The van der Waals surface area contributed by atoms with Crippen molar-refractivity contribution in [3.8, 4) is 0 Å².